The normalized spacial score (nSPS) is 32.1. The van der Waals surface area contributed by atoms with Crippen LogP contribution in [-0.2, 0) is 5.60 Å². The van der Waals surface area contributed by atoms with Gasteiger partial charge in [0.1, 0.15) is 11.4 Å². The van der Waals surface area contributed by atoms with Crippen molar-refractivity contribution in [3.8, 4) is 0 Å². The smallest absolute Gasteiger partial charge is 0.123 e. The molecule has 1 aliphatic rings. The predicted molar refractivity (Wildman–Crippen MR) is 56.8 cm³/mol. The third kappa shape index (κ3) is 1.55. The van der Waals surface area contributed by atoms with Gasteiger partial charge in [0.2, 0.25) is 0 Å². The van der Waals surface area contributed by atoms with Crippen LogP contribution in [0.15, 0.2) is 24.3 Å². The Morgan fingerprint density at radius 2 is 2.07 bits per heavy atom. The summed E-state index contributed by atoms with van der Waals surface area (Å²) in [6, 6.07) is 6.17. The molecule has 0 spiro atoms. The Kier molecular flexibility index (Phi) is 2.54. The first kappa shape index (κ1) is 9.99. The highest BCUT2D eigenvalue weighted by Crippen LogP contribution is 2.41. The number of benzene rings is 1. The predicted octanol–water partition coefficient (Wildman–Crippen LogP) is 2.40. The van der Waals surface area contributed by atoms with Crippen molar-refractivity contribution >= 4 is 11.8 Å². The molecule has 0 saturated carbocycles. The van der Waals surface area contributed by atoms with Gasteiger partial charge in [0, 0.05) is 5.75 Å². The van der Waals surface area contributed by atoms with Gasteiger partial charge in [-0.2, -0.15) is 11.8 Å². The van der Waals surface area contributed by atoms with Gasteiger partial charge in [-0.15, -0.1) is 0 Å². The quantitative estimate of drug-likeness (QED) is 0.771. The first-order chi connectivity index (χ1) is 6.63. The average molecular weight is 212 g/mol. The van der Waals surface area contributed by atoms with Crippen molar-refractivity contribution < 1.29 is 9.50 Å². The van der Waals surface area contributed by atoms with E-state index in [2.05, 4.69) is 0 Å². The van der Waals surface area contributed by atoms with E-state index in [1.807, 2.05) is 6.92 Å². The molecule has 1 fully saturated rings. The second-order valence-electron chi connectivity index (χ2n) is 3.85. The lowest BCUT2D eigenvalue weighted by molar-refractivity contribution is 0.0234. The van der Waals surface area contributed by atoms with E-state index in [9.17, 15) is 9.50 Å². The zero-order valence-corrected chi connectivity index (χ0v) is 8.85. The maximum Gasteiger partial charge on any atom is 0.123 e. The van der Waals surface area contributed by atoms with E-state index in [-0.39, 0.29) is 11.7 Å². The van der Waals surface area contributed by atoms with Crippen molar-refractivity contribution in [2.45, 2.75) is 12.5 Å². The molecule has 2 atom stereocenters. The van der Waals surface area contributed by atoms with Gasteiger partial charge in [-0.25, -0.2) is 4.39 Å². The Hall–Kier alpha value is -0.540. The summed E-state index contributed by atoms with van der Waals surface area (Å²) in [6.07, 6.45) is 0. The summed E-state index contributed by atoms with van der Waals surface area (Å²) in [5, 5.41) is 10.4. The van der Waals surface area contributed by atoms with Crippen molar-refractivity contribution in [2.75, 3.05) is 11.5 Å². The molecule has 1 aromatic carbocycles. The van der Waals surface area contributed by atoms with Crippen LogP contribution < -0.4 is 0 Å². The molecule has 76 valence electrons. The summed E-state index contributed by atoms with van der Waals surface area (Å²) >= 11 is 1.74. The van der Waals surface area contributed by atoms with Gasteiger partial charge in [0.15, 0.2) is 0 Å². The molecular formula is C11H13FOS. The van der Waals surface area contributed by atoms with Crippen LogP contribution in [0.5, 0.6) is 0 Å². The highest BCUT2D eigenvalue weighted by atomic mass is 32.2. The Morgan fingerprint density at radius 1 is 1.43 bits per heavy atom. The summed E-state index contributed by atoms with van der Waals surface area (Å²) in [7, 11) is 0. The van der Waals surface area contributed by atoms with E-state index in [1.54, 1.807) is 23.9 Å². The highest BCUT2D eigenvalue weighted by molar-refractivity contribution is 7.99. The number of hydrogen-bond donors (Lipinski definition) is 1. The summed E-state index contributed by atoms with van der Waals surface area (Å²) < 4.78 is 12.7. The van der Waals surface area contributed by atoms with Crippen LogP contribution in [-0.4, -0.2) is 16.6 Å². The lowest BCUT2D eigenvalue weighted by atomic mass is 9.85. The van der Waals surface area contributed by atoms with E-state index in [0.29, 0.717) is 5.75 Å². The minimum absolute atomic E-state index is 0.234. The van der Waals surface area contributed by atoms with Gasteiger partial charge in [-0.3, -0.25) is 0 Å². The molecule has 1 heterocycles. The molecule has 1 aromatic rings. The van der Waals surface area contributed by atoms with Crippen molar-refractivity contribution in [2.24, 2.45) is 5.92 Å². The van der Waals surface area contributed by atoms with E-state index in [0.717, 1.165) is 11.3 Å². The van der Waals surface area contributed by atoms with Gasteiger partial charge in [0.05, 0.1) is 0 Å². The SMILES string of the molecule is C[C@H]1CSC[C@@]1(O)c1ccc(F)cc1. The zero-order chi connectivity index (χ0) is 10.2. The first-order valence-corrected chi connectivity index (χ1v) is 5.84. The second kappa shape index (κ2) is 3.55. The molecule has 1 N–H and O–H groups in total. The highest BCUT2D eigenvalue weighted by Gasteiger charge is 2.40. The molecule has 1 saturated heterocycles. The summed E-state index contributed by atoms with van der Waals surface area (Å²) in [6.45, 7) is 2.03. The van der Waals surface area contributed by atoms with Gasteiger partial charge >= 0.3 is 0 Å². The minimum Gasteiger partial charge on any atom is -0.384 e. The molecule has 0 aliphatic carbocycles. The van der Waals surface area contributed by atoms with Crippen LogP contribution in [0.1, 0.15) is 12.5 Å². The van der Waals surface area contributed by atoms with Gasteiger partial charge in [-0.05, 0) is 29.4 Å². The third-order valence-corrected chi connectivity index (χ3v) is 4.23. The van der Waals surface area contributed by atoms with Crippen LogP contribution in [0.2, 0.25) is 0 Å². The van der Waals surface area contributed by atoms with Crippen LogP contribution in [0.4, 0.5) is 4.39 Å². The van der Waals surface area contributed by atoms with Gasteiger partial charge in [0.25, 0.3) is 0 Å². The Labute approximate surface area is 87.3 Å². The van der Waals surface area contributed by atoms with E-state index >= 15 is 0 Å². The Balaban J connectivity index is 2.34. The molecule has 2 rings (SSSR count). The zero-order valence-electron chi connectivity index (χ0n) is 8.03. The van der Waals surface area contributed by atoms with Crippen LogP contribution in [0, 0.1) is 11.7 Å². The van der Waals surface area contributed by atoms with E-state index in [1.165, 1.54) is 12.1 Å². The monoisotopic (exact) mass is 212 g/mol. The van der Waals surface area contributed by atoms with Crippen LogP contribution in [0.3, 0.4) is 0 Å². The Bertz CT molecular complexity index is 325. The van der Waals surface area contributed by atoms with Crippen LogP contribution >= 0.6 is 11.8 Å². The average Bonchev–Trinajstić information content (AvgIpc) is 2.49. The van der Waals surface area contributed by atoms with Crippen molar-refractivity contribution in [3.63, 3.8) is 0 Å². The second-order valence-corrected chi connectivity index (χ2v) is 4.88. The molecule has 3 heteroatoms. The molecule has 14 heavy (non-hydrogen) atoms. The molecule has 0 bridgehead atoms. The lowest BCUT2D eigenvalue weighted by Crippen LogP contribution is -2.32. The maximum absolute atomic E-state index is 12.7. The van der Waals surface area contributed by atoms with Crippen LogP contribution in [0.25, 0.3) is 0 Å². The molecule has 0 aromatic heterocycles. The van der Waals surface area contributed by atoms with Gasteiger partial charge in [-0.1, -0.05) is 19.1 Å². The number of aliphatic hydroxyl groups is 1. The van der Waals surface area contributed by atoms with E-state index in [4.69, 9.17) is 0 Å². The summed E-state index contributed by atoms with van der Waals surface area (Å²) in [4.78, 5) is 0. The van der Waals surface area contributed by atoms with Gasteiger partial charge < -0.3 is 5.11 Å². The first-order valence-electron chi connectivity index (χ1n) is 4.69. The third-order valence-electron chi connectivity index (χ3n) is 2.85. The topological polar surface area (TPSA) is 20.2 Å². The fourth-order valence-corrected chi connectivity index (χ4v) is 3.29. The summed E-state index contributed by atoms with van der Waals surface area (Å²) in [5.41, 5.74) is 0.0645. The number of thioether (sulfide) groups is 1. The number of hydrogen-bond acceptors (Lipinski definition) is 2. The largest absolute Gasteiger partial charge is 0.384 e. The van der Waals surface area contributed by atoms with Crippen molar-refractivity contribution in [1.29, 1.82) is 0 Å². The molecule has 0 unspecified atom stereocenters. The molecule has 0 radical (unpaired) electrons. The number of halogens is 1. The minimum atomic E-state index is -0.766. The van der Waals surface area contributed by atoms with Crippen molar-refractivity contribution in [3.05, 3.63) is 35.6 Å². The lowest BCUT2D eigenvalue weighted by Gasteiger charge is -2.27. The molecule has 1 aliphatic heterocycles. The van der Waals surface area contributed by atoms with Crippen molar-refractivity contribution in [1.82, 2.24) is 0 Å². The summed E-state index contributed by atoms with van der Waals surface area (Å²) in [5.74, 6) is 1.65. The fraction of sp³-hybridized carbons (Fsp3) is 0.455. The number of rotatable bonds is 1. The maximum atomic E-state index is 12.7. The molecule has 1 nitrogen and oxygen atoms in total. The fourth-order valence-electron chi connectivity index (χ4n) is 1.78. The van der Waals surface area contributed by atoms with E-state index < -0.39 is 5.60 Å². The Morgan fingerprint density at radius 3 is 2.57 bits per heavy atom. The standard InChI is InChI=1S/C11H13FOS/c1-8-6-14-7-11(8,13)9-2-4-10(12)5-3-9/h2-5,8,13H,6-7H2,1H3/t8-,11-/m0/s1. The molecule has 0 amide bonds. The molecular weight excluding hydrogens is 199 g/mol.